The highest BCUT2D eigenvalue weighted by molar-refractivity contribution is 6.04. The molecule has 1 aromatic carbocycles. The Morgan fingerprint density at radius 1 is 1.13 bits per heavy atom. The number of hydrogen-bond acceptors (Lipinski definition) is 5. The van der Waals surface area contributed by atoms with Gasteiger partial charge in [-0.25, -0.2) is 4.98 Å². The summed E-state index contributed by atoms with van der Waals surface area (Å²) in [5.74, 6) is 0.294. The topological polar surface area (TPSA) is 77.5 Å². The molecule has 2 aromatic rings. The van der Waals surface area contributed by atoms with Crippen molar-refractivity contribution < 1.29 is 19.1 Å². The van der Waals surface area contributed by atoms with Gasteiger partial charge in [0.05, 0.1) is 6.10 Å². The molecule has 0 aliphatic rings. The van der Waals surface area contributed by atoms with Gasteiger partial charge in [0, 0.05) is 24.8 Å². The van der Waals surface area contributed by atoms with Crippen molar-refractivity contribution in [2.24, 2.45) is 0 Å². The van der Waals surface area contributed by atoms with Crippen LogP contribution >= 0.6 is 0 Å². The van der Waals surface area contributed by atoms with Crippen LogP contribution < -0.4 is 14.8 Å². The number of benzene rings is 1. The fourth-order valence-corrected chi connectivity index (χ4v) is 1.89. The summed E-state index contributed by atoms with van der Waals surface area (Å²) >= 11 is 0. The number of nitrogens with zero attached hydrogens (tertiary/aromatic N) is 1. The number of amides is 1. The summed E-state index contributed by atoms with van der Waals surface area (Å²) in [5, 5.41) is 2.67. The number of aromatic nitrogens is 1. The van der Waals surface area contributed by atoms with E-state index in [2.05, 4.69) is 10.3 Å². The Morgan fingerprint density at radius 3 is 2.48 bits per heavy atom. The van der Waals surface area contributed by atoms with Gasteiger partial charge in [0.1, 0.15) is 17.3 Å². The van der Waals surface area contributed by atoms with Gasteiger partial charge in [0.15, 0.2) is 0 Å². The molecular formula is C17H18N2O4. The van der Waals surface area contributed by atoms with Crippen LogP contribution in [0.3, 0.4) is 0 Å². The van der Waals surface area contributed by atoms with Crippen molar-refractivity contribution in [3.05, 3.63) is 48.2 Å². The molecule has 0 bridgehead atoms. The maximum Gasteiger partial charge on any atom is 0.308 e. The largest absolute Gasteiger partial charge is 0.491 e. The first-order chi connectivity index (χ1) is 10.9. The summed E-state index contributed by atoms with van der Waals surface area (Å²) in [6, 6.07) is 9.84. The fourth-order valence-electron chi connectivity index (χ4n) is 1.89. The lowest BCUT2D eigenvalue weighted by molar-refractivity contribution is -0.131. The van der Waals surface area contributed by atoms with Gasteiger partial charge in [-0.1, -0.05) is 6.07 Å². The lowest BCUT2D eigenvalue weighted by atomic mass is 10.2. The number of esters is 1. The summed E-state index contributed by atoms with van der Waals surface area (Å²) in [7, 11) is 0. The molecule has 0 spiro atoms. The van der Waals surface area contributed by atoms with E-state index < -0.39 is 5.97 Å². The zero-order valence-electron chi connectivity index (χ0n) is 13.2. The third kappa shape index (κ3) is 5.10. The van der Waals surface area contributed by atoms with E-state index >= 15 is 0 Å². The number of anilines is 1. The van der Waals surface area contributed by atoms with E-state index in [1.807, 2.05) is 13.8 Å². The SMILES string of the molecule is CC(=O)Oc1cc(OC(C)C)cc(C(=O)Nc2ccccn2)c1. The minimum absolute atomic E-state index is 0.0747. The molecule has 0 radical (unpaired) electrons. The zero-order chi connectivity index (χ0) is 16.8. The van der Waals surface area contributed by atoms with E-state index in [9.17, 15) is 9.59 Å². The van der Waals surface area contributed by atoms with E-state index in [4.69, 9.17) is 9.47 Å². The van der Waals surface area contributed by atoms with Crippen LogP contribution in [-0.2, 0) is 4.79 Å². The highest BCUT2D eigenvalue weighted by Gasteiger charge is 2.13. The van der Waals surface area contributed by atoms with Crippen molar-refractivity contribution in [2.75, 3.05) is 5.32 Å². The fraction of sp³-hybridized carbons (Fsp3) is 0.235. The molecule has 0 aliphatic heterocycles. The van der Waals surface area contributed by atoms with Crippen molar-refractivity contribution in [1.82, 2.24) is 4.98 Å². The molecule has 2 rings (SSSR count). The molecule has 23 heavy (non-hydrogen) atoms. The van der Waals surface area contributed by atoms with E-state index in [0.717, 1.165) is 0 Å². The van der Waals surface area contributed by atoms with Crippen LogP contribution in [0.5, 0.6) is 11.5 Å². The first kappa shape index (κ1) is 16.5. The molecule has 1 aromatic heterocycles. The molecule has 120 valence electrons. The monoisotopic (exact) mass is 314 g/mol. The molecule has 0 aliphatic carbocycles. The molecule has 6 nitrogen and oxygen atoms in total. The van der Waals surface area contributed by atoms with Gasteiger partial charge in [-0.15, -0.1) is 0 Å². The zero-order valence-corrected chi connectivity index (χ0v) is 13.2. The van der Waals surface area contributed by atoms with Crippen LogP contribution in [0.1, 0.15) is 31.1 Å². The standard InChI is InChI=1S/C17H18N2O4/c1-11(2)22-14-8-13(9-15(10-14)23-12(3)20)17(21)19-16-6-4-5-7-18-16/h4-11H,1-3H3,(H,18,19,21). The van der Waals surface area contributed by atoms with Gasteiger partial charge in [-0.2, -0.15) is 0 Å². The molecule has 1 heterocycles. The third-order valence-electron chi connectivity index (χ3n) is 2.68. The maximum atomic E-state index is 12.3. The van der Waals surface area contributed by atoms with Crippen LogP contribution in [0.25, 0.3) is 0 Å². The smallest absolute Gasteiger partial charge is 0.308 e. The molecule has 0 saturated carbocycles. The first-order valence-electron chi connectivity index (χ1n) is 7.16. The number of carbonyl (C=O) groups is 2. The van der Waals surface area contributed by atoms with Crippen LogP contribution in [0, 0.1) is 0 Å². The number of pyridine rings is 1. The second-order valence-electron chi connectivity index (χ2n) is 5.12. The summed E-state index contributed by atoms with van der Waals surface area (Å²) in [6.07, 6.45) is 1.51. The van der Waals surface area contributed by atoms with Crippen LogP contribution in [-0.4, -0.2) is 23.0 Å². The molecule has 0 unspecified atom stereocenters. The number of ether oxygens (including phenoxy) is 2. The summed E-state index contributed by atoms with van der Waals surface area (Å²) in [5.41, 5.74) is 0.310. The van der Waals surface area contributed by atoms with E-state index in [1.54, 1.807) is 36.5 Å². The lowest BCUT2D eigenvalue weighted by Crippen LogP contribution is -2.14. The highest BCUT2D eigenvalue weighted by atomic mass is 16.5. The van der Waals surface area contributed by atoms with Crippen LogP contribution in [0.4, 0.5) is 5.82 Å². The van der Waals surface area contributed by atoms with Crippen molar-refractivity contribution in [3.8, 4) is 11.5 Å². The number of nitrogens with one attached hydrogen (secondary N) is 1. The Bertz CT molecular complexity index is 699. The first-order valence-corrected chi connectivity index (χ1v) is 7.16. The Morgan fingerprint density at radius 2 is 1.87 bits per heavy atom. The second-order valence-corrected chi connectivity index (χ2v) is 5.12. The van der Waals surface area contributed by atoms with Gasteiger partial charge in [0.2, 0.25) is 0 Å². The molecular weight excluding hydrogens is 296 g/mol. The third-order valence-corrected chi connectivity index (χ3v) is 2.68. The summed E-state index contributed by atoms with van der Waals surface area (Å²) < 4.78 is 10.7. The quantitative estimate of drug-likeness (QED) is 0.678. The van der Waals surface area contributed by atoms with Gasteiger partial charge in [-0.05, 0) is 38.1 Å². The predicted molar refractivity (Wildman–Crippen MR) is 85.7 cm³/mol. The minimum Gasteiger partial charge on any atom is -0.491 e. The van der Waals surface area contributed by atoms with Crippen LogP contribution in [0.2, 0.25) is 0 Å². The summed E-state index contributed by atoms with van der Waals surface area (Å²) in [4.78, 5) is 27.5. The Hall–Kier alpha value is -2.89. The van der Waals surface area contributed by atoms with E-state index in [0.29, 0.717) is 17.1 Å². The Labute approximate surface area is 134 Å². The van der Waals surface area contributed by atoms with Gasteiger partial charge < -0.3 is 14.8 Å². The van der Waals surface area contributed by atoms with Crippen molar-refractivity contribution in [2.45, 2.75) is 26.9 Å². The maximum absolute atomic E-state index is 12.3. The Balaban J connectivity index is 2.27. The second kappa shape index (κ2) is 7.40. The van der Waals surface area contributed by atoms with E-state index in [1.165, 1.54) is 13.0 Å². The Kier molecular flexibility index (Phi) is 5.30. The molecule has 0 atom stereocenters. The van der Waals surface area contributed by atoms with Gasteiger partial charge in [0.25, 0.3) is 5.91 Å². The molecule has 1 amide bonds. The van der Waals surface area contributed by atoms with Crippen LogP contribution in [0.15, 0.2) is 42.6 Å². The van der Waals surface area contributed by atoms with Crippen molar-refractivity contribution >= 4 is 17.7 Å². The van der Waals surface area contributed by atoms with E-state index in [-0.39, 0.29) is 17.8 Å². The van der Waals surface area contributed by atoms with Gasteiger partial charge >= 0.3 is 5.97 Å². The molecule has 6 heteroatoms. The highest BCUT2D eigenvalue weighted by Crippen LogP contribution is 2.24. The minimum atomic E-state index is -0.470. The van der Waals surface area contributed by atoms with Gasteiger partial charge in [-0.3, -0.25) is 9.59 Å². The number of hydrogen-bond donors (Lipinski definition) is 1. The lowest BCUT2D eigenvalue weighted by Gasteiger charge is -2.13. The van der Waals surface area contributed by atoms with Crippen molar-refractivity contribution in [3.63, 3.8) is 0 Å². The number of rotatable bonds is 5. The average Bonchev–Trinajstić information content (AvgIpc) is 2.46. The molecule has 1 N–H and O–H groups in total. The molecule has 0 saturated heterocycles. The summed E-state index contributed by atoms with van der Waals surface area (Å²) in [6.45, 7) is 5.03. The number of carbonyl (C=O) groups excluding carboxylic acids is 2. The van der Waals surface area contributed by atoms with Crippen molar-refractivity contribution in [1.29, 1.82) is 0 Å². The average molecular weight is 314 g/mol. The normalized spacial score (nSPS) is 10.3. The predicted octanol–water partition coefficient (Wildman–Crippen LogP) is 3.05. The molecule has 0 fully saturated rings.